The highest BCUT2D eigenvalue weighted by atomic mass is 32.2. The highest BCUT2D eigenvalue weighted by Crippen LogP contribution is 2.09. The van der Waals surface area contributed by atoms with Crippen molar-refractivity contribution in [2.75, 3.05) is 25.1 Å². The fraction of sp³-hybridized carbons (Fsp3) is 0.826. The number of carbonyl (C=O) groups excluding carboxylic acids is 3. The van der Waals surface area contributed by atoms with Crippen molar-refractivity contribution < 1.29 is 24.3 Å². The molecule has 0 radical (unpaired) electrons. The van der Waals surface area contributed by atoms with Gasteiger partial charge in [0.15, 0.2) is 0 Å². The van der Waals surface area contributed by atoms with Gasteiger partial charge in [-0.15, -0.1) is 0 Å². The average molecular weight is 519 g/mol. The number of carboxylic acids is 1. The van der Waals surface area contributed by atoms with Gasteiger partial charge >= 0.3 is 5.97 Å². The maximum Gasteiger partial charge on any atom is 0.326 e. The second kappa shape index (κ2) is 19.3. The molecule has 0 aliphatic carbocycles. The smallest absolute Gasteiger partial charge is 0.326 e. The molecule has 35 heavy (non-hydrogen) atoms. The molecule has 0 fully saturated rings. The Labute approximate surface area is 213 Å². The van der Waals surface area contributed by atoms with Gasteiger partial charge in [-0.25, -0.2) is 4.79 Å². The zero-order chi connectivity index (χ0) is 26.8. The minimum Gasteiger partial charge on any atom is -0.480 e. The first kappa shape index (κ1) is 33.1. The molecule has 0 aromatic heterocycles. The predicted octanol–water partition coefficient (Wildman–Crippen LogP) is -0.0901. The standard InChI is InChI=1S/C23H46N6O5S/c1-15(2)14-19(29-20(30)16(26)10-13-35-3)22(32)27-17(8-4-6-11-24)21(31)28-18(23(33)34)9-5-7-12-25/h15-19H,4-14,24-26H2,1-3H3,(H,27,32)(H,28,31)(H,29,30)(H,33,34). The Morgan fingerprint density at radius 2 is 1.26 bits per heavy atom. The largest absolute Gasteiger partial charge is 0.480 e. The molecule has 0 spiro atoms. The van der Waals surface area contributed by atoms with Crippen LogP contribution in [0, 0.1) is 5.92 Å². The van der Waals surface area contributed by atoms with E-state index in [2.05, 4.69) is 16.0 Å². The van der Waals surface area contributed by atoms with Crippen molar-refractivity contribution in [1.29, 1.82) is 0 Å². The average Bonchev–Trinajstić information content (AvgIpc) is 2.80. The van der Waals surface area contributed by atoms with Crippen molar-refractivity contribution in [3.8, 4) is 0 Å². The van der Waals surface area contributed by atoms with E-state index in [1.807, 2.05) is 20.1 Å². The second-order valence-corrected chi connectivity index (χ2v) is 10.1. The Morgan fingerprint density at radius 3 is 1.74 bits per heavy atom. The summed E-state index contributed by atoms with van der Waals surface area (Å²) in [6.45, 7) is 4.70. The van der Waals surface area contributed by atoms with Gasteiger partial charge in [-0.1, -0.05) is 13.8 Å². The van der Waals surface area contributed by atoms with Crippen LogP contribution >= 0.6 is 11.8 Å². The van der Waals surface area contributed by atoms with E-state index in [0.717, 1.165) is 5.75 Å². The number of carboxylic acid groups (broad SMARTS) is 1. The molecule has 0 saturated heterocycles. The first-order valence-electron chi connectivity index (χ1n) is 12.4. The van der Waals surface area contributed by atoms with Crippen LogP contribution in [0.25, 0.3) is 0 Å². The van der Waals surface area contributed by atoms with Gasteiger partial charge in [0.2, 0.25) is 17.7 Å². The second-order valence-electron chi connectivity index (χ2n) is 9.11. The fourth-order valence-corrected chi connectivity index (χ4v) is 3.90. The summed E-state index contributed by atoms with van der Waals surface area (Å²) < 4.78 is 0. The van der Waals surface area contributed by atoms with E-state index in [9.17, 15) is 24.3 Å². The van der Waals surface area contributed by atoms with Crippen LogP contribution in [-0.4, -0.2) is 78.1 Å². The molecule has 204 valence electrons. The zero-order valence-corrected chi connectivity index (χ0v) is 22.2. The van der Waals surface area contributed by atoms with Crippen LogP contribution < -0.4 is 33.2 Å². The van der Waals surface area contributed by atoms with Crippen molar-refractivity contribution in [2.45, 2.75) is 89.4 Å². The van der Waals surface area contributed by atoms with Crippen LogP contribution in [0.2, 0.25) is 0 Å². The fourth-order valence-electron chi connectivity index (χ4n) is 3.41. The molecule has 0 heterocycles. The molecule has 4 unspecified atom stereocenters. The van der Waals surface area contributed by atoms with Gasteiger partial charge in [-0.3, -0.25) is 14.4 Å². The lowest BCUT2D eigenvalue weighted by Gasteiger charge is -2.26. The number of nitrogens with two attached hydrogens (primary N) is 3. The summed E-state index contributed by atoms with van der Waals surface area (Å²) >= 11 is 1.58. The molecule has 0 saturated carbocycles. The highest BCUT2D eigenvalue weighted by molar-refractivity contribution is 7.98. The molecular formula is C23H46N6O5S. The molecule has 0 aromatic rings. The summed E-state index contributed by atoms with van der Waals surface area (Å²) in [5, 5.41) is 17.5. The van der Waals surface area contributed by atoms with E-state index in [1.165, 1.54) is 0 Å². The van der Waals surface area contributed by atoms with Crippen LogP contribution in [0.15, 0.2) is 0 Å². The Morgan fingerprint density at radius 1 is 0.771 bits per heavy atom. The number of nitrogens with one attached hydrogen (secondary N) is 3. The number of carbonyl (C=O) groups is 4. The van der Waals surface area contributed by atoms with Gasteiger partial charge in [-0.05, 0) is 82.4 Å². The van der Waals surface area contributed by atoms with Crippen molar-refractivity contribution in [1.82, 2.24) is 16.0 Å². The third-order valence-electron chi connectivity index (χ3n) is 5.45. The Hall–Kier alpha value is -1.89. The molecular weight excluding hydrogens is 472 g/mol. The van der Waals surface area contributed by atoms with Crippen molar-refractivity contribution in [3.63, 3.8) is 0 Å². The maximum atomic E-state index is 13.1. The lowest BCUT2D eigenvalue weighted by Crippen LogP contribution is -2.57. The molecule has 4 atom stereocenters. The van der Waals surface area contributed by atoms with E-state index in [1.54, 1.807) is 11.8 Å². The summed E-state index contributed by atoms with van der Waals surface area (Å²) in [4.78, 5) is 50.2. The van der Waals surface area contributed by atoms with Crippen molar-refractivity contribution >= 4 is 35.5 Å². The number of unbranched alkanes of at least 4 members (excludes halogenated alkanes) is 2. The van der Waals surface area contributed by atoms with Crippen LogP contribution in [-0.2, 0) is 19.2 Å². The van der Waals surface area contributed by atoms with Crippen molar-refractivity contribution in [2.24, 2.45) is 23.1 Å². The third-order valence-corrected chi connectivity index (χ3v) is 6.10. The van der Waals surface area contributed by atoms with E-state index < -0.39 is 47.9 Å². The van der Waals surface area contributed by atoms with E-state index in [-0.39, 0.29) is 12.3 Å². The third kappa shape index (κ3) is 15.0. The predicted molar refractivity (Wildman–Crippen MR) is 140 cm³/mol. The Bertz CT molecular complexity index is 652. The topological polar surface area (TPSA) is 203 Å². The Kier molecular flexibility index (Phi) is 18.3. The normalized spacial score (nSPS) is 14.6. The number of thioether (sulfide) groups is 1. The molecule has 0 rings (SSSR count). The van der Waals surface area contributed by atoms with Gasteiger partial charge in [0.25, 0.3) is 0 Å². The van der Waals surface area contributed by atoms with Crippen LogP contribution in [0.3, 0.4) is 0 Å². The van der Waals surface area contributed by atoms with Gasteiger partial charge < -0.3 is 38.3 Å². The first-order valence-corrected chi connectivity index (χ1v) is 13.7. The van der Waals surface area contributed by atoms with E-state index in [4.69, 9.17) is 17.2 Å². The summed E-state index contributed by atoms with van der Waals surface area (Å²) in [5.41, 5.74) is 17.0. The molecule has 0 aromatic carbocycles. The molecule has 12 heteroatoms. The highest BCUT2D eigenvalue weighted by Gasteiger charge is 2.30. The maximum absolute atomic E-state index is 13.1. The minimum atomic E-state index is -1.15. The number of hydrogen-bond acceptors (Lipinski definition) is 8. The van der Waals surface area contributed by atoms with Gasteiger partial charge in [0, 0.05) is 0 Å². The summed E-state index contributed by atoms with van der Waals surface area (Å²) in [7, 11) is 0. The zero-order valence-electron chi connectivity index (χ0n) is 21.4. The lowest BCUT2D eigenvalue weighted by molar-refractivity contribution is -0.142. The van der Waals surface area contributed by atoms with Gasteiger partial charge in [0.1, 0.15) is 18.1 Å². The van der Waals surface area contributed by atoms with Crippen LogP contribution in [0.4, 0.5) is 0 Å². The van der Waals surface area contributed by atoms with E-state index >= 15 is 0 Å². The molecule has 11 nitrogen and oxygen atoms in total. The summed E-state index contributed by atoms with van der Waals surface area (Å²) in [5.74, 6) is -1.85. The summed E-state index contributed by atoms with van der Waals surface area (Å²) in [6, 6.07) is -3.64. The van der Waals surface area contributed by atoms with Gasteiger partial charge in [-0.2, -0.15) is 11.8 Å². The molecule has 3 amide bonds. The number of amides is 3. The molecule has 10 N–H and O–H groups in total. The van der Waals surface area contributed by atoms with Crippen LogP contribution in [0.1, 0.15) is 65.2 Å². The Balaban J connectivity index is 5.43. The number of aliphatic carboxylic acids is 1. The SMILES string of the molecule is CSCCC(N)C(=O)NC(CC(C)C)C(=O)NC(CCCCN)C(=O)NC(CCCCN)C(=O)O. The molecule has 0 aliphatic rings. The minimum absolute atomic E-state index is 0.0944. The van der Waals surface area contributed by atoms with Crippen LogP contribution in [0.5, 0.6) is 0 Å². The molecule has 0 aliphatic heterocycles. The number of rotatable bonds is 20. The van der Waals surface area contributed by atoms with Gasteiger partial charge in [0.05, 0.1) is 6.04 Å². The quantitative estimate of drug-likeness (QED) is 0.107. The number of hydrogen-bond donors (Lipinski definition) is 7. The lowest BCUT2D eigenvalue weighted by atomic mass is 10.0. The monoisotopic (exact) mass is 518 g/mol. The first-order chi connectivity index (χ1) is 16.6. The van der Waals surface area contributed by atoms with E-state index in [0.29, 0.717) is 58.0 Å². The summed E-state index contributed by atoms with van der Waals surface area (Å²) in [6.07, 6.45) is 5.71. The van der Waals surface area contributed by atoms with Crippen molar-refractivity contribution in [3.05, 3.63) is 0 Å². The molecule has 0 bridgehead atoms.